The highest BCUT2D eigenvalue weighted by Crippen LogP contribution is 2.29. The SMILES string of the molecule is CCOc1cc(C=C(C#N)C(=O)NC(C)c2ccccc2)ccc1OC(C)=O. The van der Waals surface area contributed by atoms with E-state index >= 15 is 0 Å². The van der Waals surface area contributed by atoms with E-state index in [2.05, 4.69) is 5.32 Å². The Morgan fingerprint density at radius 1 is 1.18 bits per heavy atom. The van der Waals surface area contributed by atoms with Gasteiger partial charge in [-0.1, -0.05) is 36.4 Å². The first kappa shape index (κ1) is 20.7. The Hall–Kier alpha value is -3.59. The summed E-state index contributed by atoms with van der Waals surface area (Å²) in [7, 11) is 0. The molecular weight excluding hydrogens is 356 g/mol. The van der Waals surface area contributed by atoms with Gasteiger partial charge in [-0.15, -0.1) is 0 Å². The molecule has 0 bridgehead atoms. The first-order valence-electron chi connectivity index (χ1n) is 8.87. The highest BCUT2D eigenvalue weighted by Gasteiger charge is 2.15. The van der Waals surface area contributed by atoms with Crippen LogP contribution in [0.4, 0.5) is 0 Å². The molecule has 28 heavy (non-hydrogen) atoms. The second kappa shape index (κ2) is 9.93. The van der Waals surface area contributed by atoms with Crippen LogP contribution in [-0.2, 0) is 9.59 Å². The van der Waals surface area contributed by atoms with Gasteiger partial charge in [0.2, 0.25) is 0 Å². The van der Waals surface area contributed by atoms with Crippen LogP contribution in [0.3, 0.4) is 0 Å². The molecule has 0 fully saturated rings. The molecule has 6 nitrogen and oxygen atoms in total. The van der Waals surface area contributed by atoms with E-state index in [0.29, 0.717) is 17.9 Å². The summed E-state index contributed by atoms with van der Waals surface area (Å²) in [5, 5.41) is 12.2. The van der Waals surface area contributed by atoms with Gasteiger partial charge in [-0.3, -0.25) is 9.59 Å². The minimum absolute atomic E-state index is 0.0366. The quantitative estimate of drug-likeness (QED) is 0.343. The number of carbonyl (C=O) groups excluding carboxylic acids is 2. The van der Waals surface area contributed by atoms with E-state index in [0.717, 1.165) is 5.56 Å². The van der Waals surface area contributed by atoms with Gasteiger partial charge in [0.05, 0.1) is 12.6 Å². The summed E-state index contributed by atoms with van der Waals surface area (Å²) in [6.45, 7) is 5.33. The average Bonchev–Trinajstić information content (AvgIpc) is 2.68. The molecule has 0 spiro atoms. The molecule has 0 aliphatic heterocycles. The van der Waals surface area contributed by atoms with Crippen LogP contribution < -0.4 is 14.8 Å². The van der Waals surface area contributed by atoms with Crippen molar-refractivity contribution in [2.24, 2.45) is 0 Å². The lowest BCUT2D eigenvalue weighted by molar-refractivity contribution is -0.132. The van der Waals surface area contributed by atoms with Crippen molar-refractivity contribution in [1.29, 1.82) is 5.26 Å². The first-order chi connectivity index (χ1) is 13.4. The largest absolute Gasteiger partial charge is 0.490 e. The van der Waals surface area contributed by atoms with Gasteiger partial charge in [0, 0.05) is 6.92 Å². The molecule has 0 heterocycles. The molecule has 2 aromatic carbocycles. The number of rotatable bonds is 7. The van der Waals surface area contributed by atoms with E-state index in [4.69, 9.17) is 9.47 Å². The van der Waals surface area contributed by atoms with Crippen LogP contribution in [-0.4, -0.2) is 18.5 Å². The second-order valence-electron chi connectivity index (χ2n) is 6.01. The van der Waals surface area contributed by atoms with Crippen LogP contribution in [0.5, 0.6) is 11.5 Å². The van der Waals surface area contributed by atoms with E-state index in [1.807, 2.05) is 43.3 Å². The summed E-state index contributed by atoms with van der Waals surface area (Å²) in [6.07, 6.45) is 1.47. The van der Waals surface area contributed by atoms with Gasteiger partial charge in [-0.05, 0) is 43.2 Å². The minimum atomic E-state index is -0.471. The van der Waals surface area contributed by atoms with Gasteiger partial charge in [-0.2, -0.15) is 5.26 Å². The van der Waals surface area contributed by atoms with Crippen LogP contribution in [0, 0.1) is 11.3 Å². The monoisotopic (exact) mass is 378 g/mol. The van der Waals surface area contributed by atoms with E-state index in [1.54, 1.807) is 25.1 Å². The Labute approximate surface area is 164 Å². The van der Waals surface area contributed by atoms with E-state index in [9.17, 15) is 14.9 Å². The zero-order valence-electron chi connectivity index (χ0n) is 16.1. The van der Waals surface area contributed by atoms with E-state index in [-0.39, 0.29) is 17.4 Å². The fraction of sp³-hybridized carbons (Fsp3) is 0.227. The molecule has 144 valence electrons. The van der Waals surface area contributed by atoms with Gasteiger partial charge in [0.1, 0.15) is 11.6 Å². The van der Waals surface area contributed by atoms with Crippen molar-refractivity contribution in [2.75, 3.05) is 6.61 Å². The molecular formula is C22H22N2O4. The molecule has 0 aromatic heterocycles. The van der Waals surface area contributed by atoms with Crippen molar-refractivity contribution >= 4 is 18.0 Å². The third-order valence-corrected chi connectivity index (χ3v) is 3.84. The number of hydrogen-bond donors (Lipinski definition) is 1. The fourth-order valence-electron chi connectivity index (χ4n) is 2.54. The van der Waals surface area contributed by atoms with Crippen molar-refractivity contribution in [3.05, 3.63) is 65.2 Å². The molecule has 0 aliphatic rings. The third kappa shape index (κ3) is 5.71. The van der Waals surface area contributed by atoms with Crippen molar-refractivity contribution in [3.63, 3.8) is 0 Å². The third-order valence-electron chi connectivity index (χ3n) is 3.84. The number of ether oxygens (including phenoxy) is 2. The number of nitrogens with one attached hydrogen (secondary N) is 1. The number of benzene rings is 2. The molecule has 1 amide bonds. The van der Waals surface area contributed by atoms with Gasteiger partial charge >= 0.3 is 5.97 Å². The average molecular weight is 378 g/mol. The molecule has 0 aliphatic carbocycles. The number of nitrogens with zero attached hydrogens (tertiary/aromatic N) is 1. The summed E-state index contributed by atoms with van der Waals surface area (Å²) in [5.41, 5.74) is 1.49. The molecule has 0 radical (unpaired) electrons. The molecule has 0 saturated heterocycles. The number of amides is 1. The lowest BCUT2D eigenvalue weighted by atomic mass is 10.1. The van der Waals surface area contributed by atoms with Gasteiger partial charge in [0.25, 0.3) is 5.91 Å². The van der Waals surface area contributed by atoms with Gasteiger partial charge in [0.15, 0.2) is 11.5 Å². The molecule has 1 N–H and O–H groups in total. The van der Waals surface area contributed by atoms with Gasteiger partial charge < -0.3 is 14.8 Å². The van der Waals surface area contributed by atoms with Crippen LogP contribution in [0.15, 0.2) is 54.1 Å². The highest BCUT2D eigenvalue weighted by atomic mass is 16.6. The molecule has 1 atom stereocenters. The molecule has 6 heteroatoms. The summed E-state index contributed by atoms with van der Waals surface area (Å²) in [4.78, 5) is 23.7. The predicted octanol–water partition coefficient (Wildman–Crippen LogP) is 3.79. The Kier molecular flexibility index (Phi) is 7.35. The lowest BCUT2D eigenvalue weighted by Crippen LogP contribution is -2.27. The zero-order chi connectivity index (χ0) is 20.5. The maximum atomic E-state index is 12.5. The standard InChI is InChI=1S/C22H22N2O4/c1-4-27-21-13-17(10-11-20(21)28-16(3)25)12-19(14-23)22(26)24-15(2)18-8-6-5-7-9-18/h5-13,15H,4H2,1-3H3,(H,24,26). The minimum Gasteiger partial charge on any atom is -0.490 e. The van der Waals surface area contributed by atoms with E-state index < -0.39 is 11.9 Å². The highest BCUT2D eigenvalue weighted by molar-refractivity contribution is 6.01. The maximum Gasteiger partial charge on any atom is 0.308 e. The summed E-state index contributed by atoms with van der Waals surface area (Å²) < 4.78 is 10.6. The van der Waals surface area contributed by atoms with Crippen molar-refractivity contribution in [1.82, 2.24) is 5.32 Å². The van der Waals surface area contributed by atoms with Gasteiger partial charge in [-0.25, -0.2) is 0 Å². The van der Waals surface area contributed by atoms with Crippen LogP contribution in [0.1, 0.15) is 37.9 Å². The summed E-state index contributed by atoms with van der Waals surface area (Å²) in [5.74, 6) is -0.286. The Balaban J connectivity index is 2.23. The predicted molar refractivity (Wildman–Crippen MR) is 106 cm³/mol. The number of carbonyl (C=O) groups is 2. The molecule has 2 aromatic rings. The zero-order valence-corrected chi connectivity index (χ0v) is 16.1. The van der Waals surface area contributed by atoms with Crippen LogP contribution >= 0.6 is 0 Å². The smallest absolute Gasteiger partial charge is 0.308 e. The van der Waals surface area contributed by atoms with E-state index in [1.165, 1.54) is 13.0 Å². The fourth-order valence-corrected chi connectivity index (χ4v) is 2.54. The summed E-state index contributed by atoms with van der Waals surface area (Å²) in [6, 6.07) is 16.0. The Morgan fingerprint density at radius 2 is 1.89 bits per heavy atom. The normalized spacial score (nSPS) is 11.9. The van der Waals surface area contributed by atoms with Crippen molar-refractivity contribution in [3.8, 4) is 17.6 Å². The second-order valence-corrected chi connectivity index (χ2v) is 6.01. The molecule has 2 rings (SSSR count). The molecule has 0 saturated carbocycles. The summed E-state index contributed by atoms with van der Waals surface area (Å²) >= 11 is 0. The van der Waals surface area contributed by atoms with Crippen molar-refractivity contribution in [2.45, 2.75) is 26.8 Å². The maximum absolute atomic E-state index is 12.5. The first-order valence-corrected chi connectivity index (χ1v) is 8.87. The Bertz CT molecular complexity index is 914. The lowest BCUT2D eigenvalue weighted by Gasteiger charge is -2.14. The number of hydrogen-bond acceptors (Lipinski definition) is 5. The topological polar surface area (TPSA) is 88.4 Å². The van der Waals surface area contributed by atoms with Crippen LogP contribution in [0.25, 0.3) is 6.08 Å². The molecule has 1 unspecified atom stereocenters. The van der Waals surface area contributed by atoms with Crippen molar-refractivity contribution < 1.29 is 19.1 Å². The number of nitriles is 1. The number of esters is 1. The Morgan fingerprint density at radius 3 is 2.50 bits per heavy atom. The van der Waals surface area contributed by atoms with Crippen LogP contribution in [0.2, 0.25) is 0 Å².